The van der Waals surface area contributed by atoms with Crippen LogP contribution in [0.15, 0.2) is 21.9 Å². The molecule has 0 spiro atoms. The first-order valence-corrected chi connectivity index (χ1v) is 9.51. The van der Waals surface area contributed by atoms with Gasteiger partial charge in [-0.1, -0.05) is 11.8 Å². The quantitative estimate of drug-likeness (QED) is 0.794. The molecule has 0 radical (unpaired) electrons. The Kier molecular flexibility index (Phi) is 4.75. The summed E-state index contributed by atoms with van der Waals surface area (Å²) in [5.74, 6) is 2.16. The van der Waals surface area contributed by atoms with Crippen molar-refractivity contribution < 1.29 is 9.90 Å². The van der Waals surface area contributed by atoms with Crippen molar-refractivity contribution in [2.24, 2.45) is 5.92 Å². The normalized spacial score (nSPS) is 18.4. The van der Waals surface area contributed by atoms with Crippen molar-refractivity contribution >= 4 is 56.6 Å². The van der Waals surface area contributed by atoms with Gasteiger partial charge in [0.05, 0.1) is 5.75 Å². The number of thioether (sulfide) groups is 2. The lowest BCUT2D eigenvalue weighted by molar-refractivity contribution is -0.133. The monoisotopic (exact) mass is 387 g/mol. The number of aromatic nitrogens is 3. The smallest absolute Gasteiger partial charge is 0.313 e. The zero-order chi connectivity index (χ0) is 14.8. The van der Waals surface area contributed by atoms with Crippen LogP contribution >= 0.6 is 39.5 Å². The van der Waals surface area contributed by atoms with Gasteiger partial charge < -0.3 is 9.67 Å². The van der Waals surface area contributed by atoms with Gasteiger partial charge in [0.25, 0.3) is 0 Å². The Balaban J connectivity index is 1.95. The van der Waals surface area contributed by atoms with Crippen molar-refractivity contribution in [3.8, 4) is 0 Å². The number of carboxylic acids is 1. The maximum absolute atomic E-state index is 10.8. The number of aliphatic carboxylic acids is 1. The highest BCUT2D eigenvalue weighted by atomic mass is 79.9. The van der Waals surface area contributed by atoms with Crippen LogP contribution in [-0.2, 0) is 11.3 Å². The SMILES string of the molecule is O=C(O)CSc1nc2cc(Br)cnc2n1CC1CCSC1. The van der Waals surface area contributed by atoms with Gasteiger partial charge in [0.2, 0.25) is 0 Å². The number of hydrogen-bond acceptors (Lipinski definition) is 5. The van der Waals surface area contributed by atoms with E-state index >= 15 is 0 Å². The fourth-order valence-electron chi connectivity index (χ4n) is 2.35. The van der Waals surface area contributed by atoms with Gasteiger partial charge in [-0.25, -0.2) is 9.97 Å². The second-order valence-corrected chi connectivity index (χ2v) is 7.92. The molecule has 0 saturated carbocycles. The van der Waals surface area contributed by atoms with Gasteiger partial charge in [-0.05, 0) is 45.8 Å². The molecule has 21 heavy (non-hydrogen) atoms. The van der Waals surface area contributed by atoms with E-state index < -0.39 is 5.97 Å². The molecule has 1 aliphatic heterocycles. The molecule has 3 heterocycles. The number of carbonyl (C=O) groups is 1. The highest BCUT2D eigenvalue weighted by molar-refractivity contribution is 9.10. The molecule has 5 nitrogen and oxygen atoms in total. The van der Waals surface area contributed by atoms with Crippen molar-refractivity contribution in [1.82, 2.24) is 14.5 Å². The molecule has 1 saturated heterocycles. The number of rotatable bonds is 5. The van der Waals surface area contributed by atoms with Crippen molar-refractivity contribution in [3.05, 3.63) is 16.7 Å². The van der Waals surface area contributed by atoms with Crippen LogP contribution in [0.2, 0.25) is 0 Å². The van der Waals surface area contributed by atoms with E-state index in [9.17, 15) is 4.79 Å². The zero-order valence-electron chi connectivity index (χ0n) is 11.2. The Labute approximate surface area is 139 Å². The second kappa shape index (κ2) is 6.58. The minimum atomic E-state index is -0.829. The third-order valence-electron chi connectivity index (χ3n) is 3.31. The highest BCUT2D eigenvalue weighted by Gasteiger charge is 2.21. The molecule has 8 heteroatoms. The van der Waals surface area contributed by atoms with Gasteiger partial charge in [0.15, 0.2) is 10.8 Å². The predicted octanol–water partition coefficient (Wildman–Crippen LogP) is 3.12. The van der Waals surface area contributed by atoms with E-state index in [2.05, 4.69) is 30.5 Å². The average molecular weight is 388 g/mol. The molecule has 1 unspecified atom stereocenters. The highest BCUT2D eigenvalue weighted by Crippen LogP contribution is 2.30. The summed E-state index contributed by atoms with van der Waals surface area (Å²) in [4.78, 5) is 19.8. The van der Waals surface area contributed by atoms with E-state index in [-0.39, 0.29) is 5.75 Å². The van der Waals surface area contributed by atoms with Crippen LogP contribution in [0.1, 0.15) is 6.42 Å². The zero-order valence-corrected chi connectivity index (χ0v) is 14.4. The second-order valence-electron chi connectivity index (χ2n) is 4.91. The summed E-state index contributed by atoms with van der Waals surface area (Å²) in [6.07, 6.45) is 2.96. The lowest BCUT2D eigenvalue weighted by Crippen LogP contribution is -2.12. The lowest BCUT2D eigenvalue weighted by Gasteiger charge is -2.12. The van der Waals surface area contributed by atoms with Crippen molar-refractivity contribution in [3.63, 3.8) is 0 Å². The molecule has 1 N–H and O–H groups in total. The summed E-state index contributed by atoms with van der Waals surface area (Å²) in [6.45, 7) is 0.861. The van der Waals surface area contributed by atoms with Crippen LogP contribution in [0, 0.1) is 5.92 Å². The molecule has 0 amide bonds. The number of hydrogen-bond donors (Lipinski definition) is 1. The van der Waals surface area contributed by atoms with Crippen LogP contribution in [0.5, 0.6) is 0 Å². The fraction of sp³-hybridized carbons (Fsp3) is 0.462. The van der Waals surface area contributed by atoms with Gasteiger partial charge in [0.1, 0.15) is 5.52 Å². The molecule has 0 aromatic carbocycles. The first kappa shape index (κ1) is 15.2. The number of imidazole rings is 1. The van der Waals surface area contributed by atoms with Crippen LogP contribution in [0.25, 0.3) is 11.2 Å². The minimum Gasteiger partial charge on any atom is -0.481 e. The number of pyridine rings is 1. The maximum Gasteiger partial charge on any atom is 0.313 e. The first-order valence-electron chi connectivity index (χ1n) is 6.57. The molecule has 112 valence electrons. The molecule has 0 aliphatic carbocycles. The number of halogens is 1. The van der Waals surface area contributed by atoms with E-state index in [0.717, 1.165) is 33.1 Å². The summed E-state index contributed by atoms with van der Waals surface area (Å²) < 4.78 is 2.96. The topological polar surface area (TPSA) is 68.0 Å². The van der Waals surface area contributed by atoms with E-state index in [1.54, 1.807) is 6.20 Å². The third-order valence-corrected chi connectivity index (χ3v) is 5.93. The summed E-state index contributed by atoms with van der Waals surface area (Å²) in [5, 5.41) is 9.63. The Morgan fingerprint density at radius 3 is 3.19 bits per heavy atom. The first-order chi connectivity index (χ1) is 10.1. The molecule has 1 atom stereocenters. The molecule has 1 fully saturated rings. The van der Waals surface area contributed by atoms with Gasteiger partial charge >= 0.3 is 5.97 Å². The minimum absolute atomic E-state index is 0.0178. The number of carboxylic acid groups (broad SMARTS) is 1. The Morgan fingerprint density at radius 2 is 2.48 bits per heavy atom. The van der Waals surface area contributed by atoms with Gasteiger partial charge in [-0.2, -0.15) is 11.8 Å². The standard InChI is InChI=1S/C13H14BrN3O2S2/c14-9-3-10-12(15-4-9)17(5-8-1-2-20-6-8)13(16-10)21-7-11(18)19/h3-4,8H,1-2,5-7H2,(H,18,19). The molecule has 1 aliphatic rings. The van der Waals surface area contributed by atoms with Crippen LogP contribution in [0.4, 0.5) is 0 Å². The lowest BCUT2D eigenvalue weighted by atomic mass is 10.1. The van der Waals surface area contributed by atoms with Gasteiger partial charge in [0, 0.05) is 17.2 Å². The Hall–Kier alpha value is -0.730. The van der Waals surface area contributed by atoms with Gasteiger partial charge in [-0.3, -0.25) is 4.79 Å². The molecule has 2 aromatic rings. The largest absolute Gasteiger partial charge is 0.481 e. The number of fused-ring (bicyclic) bond motifs is 1. The van der Waals surface area contributed by atoms with E-state index in [1.165, 1.54) is 23.9 Å². The third kappa shape index (κ3) is 3.54. The fourth-order valence-corrected chi connectivity index (χ4v) is 4.68. The van der Waals surface area contributed by atoms with Crippen molar-refractivity contribution in [2.45, 2.75) is 18.1 Å². The molecule has 2 aromatic heterocycles. The Morgan fingerprint density at radius 1 is 1.62 bits per heavy atom. The van der Waals surface area contributed by atoms with E-state index in [0.29, 0.717) is 5.92 Å². The van der Waals surface area contributed by atoms with E-state index in [4.69, 9.17) is 5.11 Å². The van der Waals surface area contributed by atoms with Crippen LogP contribution < -0.4 is 0 Å². The molecule has 0 bridgehead atoms. The van der Waals surface area contributed by atoms with Crippen molar-refractivity contribution in [2.75, 3.05) is 17.3 Å². The molecule has 3 rings (SSSR count). The summed E-state index contributed by atoms with van der Waals surface area (Å²) >= 11 is 6.63. The average Bonchev–Trinajstić information content (AvgIpc) is 3.05. The molecular weight excluding hydrogens is 374 g/mol. The van der Waals surface area contributed by atoms with Crippen LogP contribution in [-0.4, -0.2) is 42.9 Å². The summed E-state index contributed by atoms with van der Waals surface area (Å²) in [6, 6.07) is 1.92. The molecular formula is C13H14BrN3O2S2. The predicted molar refractivity (Wildman–Crippen MR) is 89.0 cm³/mol. The maximum atomic E-state index is 10.8. The van der Waals surface area contributed by atoms with E-state index in [1.807, 2.05) is 17.8 Å². The summed E-state index contributed by atoms with van der Waals surface area (Å²) in [5.41, 5.74) is 1.64. The Bertz CT molecular complexity index is 671. The van der Waals surface area contributed by atoms with Crippen LogP contribution in [0.3, 0.4) is 0 Å². The summed E-state index contributed by atoms with van der Waals surface area (Å²) in [7, 11) is 0. The van der Waals surface area contributed by atoms with Crippen molar-refractivity contribution in [1.29, 1.82) is 0 Å². The number of nitrogens with zero attached hydrogens (tertiary/aromatic N) is 3. The van der Waals surface area contributed by atoms with Gasteiger partial charge in [-0.15, -0.1) is 0 Å².